The molecule has 0 heterocycles. The van der Waals surface area contributed by atoms with Crippen molar-refractivity contribution in [3.63, 3.8) is 0 Å². The van der Waals surface area contributed by atoms with Gasteiger partial charge in [-0.15, -0.1) is 0 Å². The van der Waals surface area contributed by atoms with Gasteiger partial charge in [-0.3, -0.25) is 0 Å². The quantitative estimate of drug-likeness (QED) is 0.109. The van der Waals surface area contributed by atoms with Crippen LogP contribution in [0.4, 0.5) is 0 Å². The number of benzene rings is 4. The molecule has 21 heteroatoms. The van der Waals surface area contributed by atoms with Gasteiger partial charge in [-0.2, -0.15) is 21.9 Å². The Balaban J connectivity index is 0.00000576. The molecule has 4 aromatic carbocycles. The summed E-state index contributed by atoms with van der Waals surface area (Å²) in [5, 5.41) is 0. The van der Waals surface area contributed by atoms with Gasteiger partial charge in [-0.25, -0.2) is 0 Å². The Morgan fingerprint density at radius 1 is 0.178 bits per heavy atom. The monoisotopic (exact) mass is 1880 g/mol. The molecule has 0 atom stereocenters. The van der Waals surface area contributed by atoms with E-state index >= 15 is 0 Å². The highest BCUT2D eigenvalue weighted by Crippen LogP contribution is 2.50. The molecule has 240 valence electrons. The fraction of sp³-hybridized carbons (Fsp3) is 0. The van der Waals surface area contributed by atoms with Gasteiger partial charge >= 0.3 is 1.43 Å². The van der Waals surface area contributed by atoms with Gasteiger partial charge in [0.25, 0.3) is 0 Å². The van der Waals surface area contributed by atoms with Gasteiger partial charge in [-0.1, -0.05) is 127 Å². The second kappa shape index (κ2) is 17.4. The summed E-state index contributed by atoms with van der Waals surface area (Å²) in [5.41, 5.74) is 3.63. The van der Waals surface area contributed by atoms with Crippen LogP contribution in [-0.2, 0) is 0 Å². The van der Waals surface area contributed by atoms with E-state index in [1.165, 1.54) is 0 Å². The van der Waals surface area contributed by atoms with Crippen LogP contribution in [0.1, 0.15) is 1.43 Å². The van der Waals surface area contributed by atoms with Crippen molar-refractivity contribution in [3.8, 4) is 0 Å². The van der Waals surface area contributed by atoms with Gasteiger partial charge in [-0.05, 0) is 227 Å². The minimum atomic E-state index is -2.33. The average molecular weight is 1900 g/mol. The Morgan fingerprint density at radius 3 is 0.378 bits per heavy atom. The molecule has 0 aliphatic rings. The third kappa shape index (κ3) is 7.44. The molecule has 0 fully saturated rings. The molecule has 0 saturated carbocycles. The van der Waals surface area contributed by atoms with Crippen LogP contribution in [0.2, 0.25) is 0 Å². The largest absolute Gasteiger partial charge is 1.00 e. The maximum atomic E-state index is 4.04. The highest BCUT2D eigenvalue weighted by atomic mass is 79.9. The second-order valence-corrected chi connectivity index (χ2v) is 24.7. The Kier molecular flexibility index (Phi) is 17.1. The van der Waals surface area contributed by atoms with Crippen LogP contribution in [0.3, 0.4) is 0 Å². The number of rotatable bonds is 4. The number of hydrogen-bond acceptors (Lipinski definition) is 0. The molecule has 0 aliphatic carbocycles. The van der Waals surface area contributed by atoms with E-state index < -0.39 is 6.15 Å². The standard InChI is InChI=1S/C24BBr20/c26-5-1(6(27)14(35)21(42)13(5)34)25(2-7(28)15(36)22(43)16(37)8(2)29,3-9(30)17(38)23(44)18(39)10(3)31)4-11(32)19(40)24(45)20(41)12(4)33/q-1/p+1. The molecular formula is C24HBBr20. The maximum absolute atomic E-state index is 4.04. The minimum absolute atomic E-state index is 0. The molecule has 4 aromatic rings. The van der Waals surface area contributed by atoms with E-state index in [4.69, 9.17) is 0 Å². The van der Waals surface area contributed by atoms with E-state index in [2.05, 4.69) is 319 Å². The molecule has 0 bridgehead atoms. The summed E-state index contributed by atoms with van der Waals surface area (Å²) >= 11 is 78.4. The predicted molar refractivity (Wildman–Crippen MR) is 265 cm³/mol. The summed E-state index contributed by atoms with van der Waals surface area (Å²) in [6.45, 7) is 0. The molecule has 4 rings (SSSR count). The maximum Gasteiger partial charge on any atom is 1.00 e. The van der Waals surface area contributed by atoms with Crippen molar-refractivity contribution in [1.29, 1.82) is 0 Å². The first-order valence-electron chi connectivity index (χ1n) is 10.9. The number of hydrogen-bond donors (Lipinski definition) is 0. The van der Waals surface area contributed by atoms with Gasteiger partial charge in [0, 0.05) is 53.7 Å². The predicted octanol–water partition coefficient (Wildman–Crippen LogP) is 18.4. The molecule has 0 unspecified atom stereocenters. The van der Waals surface area contributed by atoms with E-state index in [9.17, 15) is 0 Å². The lowest BCUT2D eigenvalue weighted by molar-refractivity contribution is 1.43. The second-order valence-electron chi connectivity index (χ2n) is 8.80. The summed E-state index contributed by atoms with van der Waals surface area (Å²) in [6, 6.07) is 0. The van der Waals surface area contributed by atoms with Gasteiger partial charge in [0.2, 0.25) is 0 Å². The van der Waals surface area contributed by atoms with Crippen LogP contribution < -0.4 is 21.9 Å². The molecule has 45 heavy (non-hydrogen) atoms. The van der Waals surface area contributed by atoms with Crippen LogP contribution in [-0.4, -0.2) is 6.15 Å². The lowest BCUT2D eigenvalue weighted by Gasteiger charge is -2.50. The number of halogens is 20. The van der Waals surface area contributed by atoms with Crippen LogP contribution in [0.15, 0.2) is 89.5 Å². The molecule has 0 spiro atoms. The Bertz CT molecular complexity index is 1580. The van der Waals surface area contributed by atoms with Crippen LogP contribution in [0.25, 0.3) is 0 Å². The van der Waals surface area contributed by atoms with Gasteiger partial charge in [0.05, 0.1) is 0 Å². The zero-order chi connectivity index (χ0) is 34.4. The third-order valence-corrected chi connectivity index (χ3v) is 31.3. The first-order valence-corrected chi connectivity index (χ1v) is 26.8. The Labute approximate surface area is 428 Å². The molecule has 0 aromatic heterocycles. The average Bonchev–Trinajstić information content (AvgIpc) is 3.00. The van der Waals surface area contributed by atoms with Gasteiger partial charge < -0.3 is 0 Å². The first-order chi connectivity index (χ1) is 20.7. The van der Waals surface area contributed by atoms with Gasteiger partial charge in [0.15, 0.2) is 0 Å². The Morgan fingerprint density at radius 2 is 0.267 bits per heavy atom. The molecule has 0 N–H and O–H groups in total. The molecule has 0 radical (unpaired) electrons. The Hall–Kier alpha value is 6.54. The van der Waals surface area contributed by atoms with E-state index in [0.717, 1.165) is 111 Å². The van der Waals surface area contributed by atoms with E-state index in [0.29, 0.717) is 0 Å². The van der Waals surface area contributed by atoms with Crippen molar-refractivity contribution in [1.82, 2.24) is 0 Å². The smallest absolute Gasteiger partial charge is 0.165 e. The van der Waals surface area contributed by atoms with Crippen LogP contribution >= 0.6 is 319 Å². The van der Waals surface area contributed by atoms with E-state index in [1.54, 1.807) is 0 Å². The molecule has 0 nitrogen and oxygen atoms in total. The normalized spacial score (nSPS) is 12.0. The van der Waals surface area contributed by atoms with Crippen molar-refractivity contribution in [2.45, 2.75) is 0 Å². The van der Waals surface area contributed by atoms with E-state index in [-0.39, 0.29) is 1.43 Å². The SMILES string of the molecule is Brc1c(Br)c(Br)c([B-](c2c(Br)c(Br)c(Br)c(Br)c2Br)(c2c(Br)c(Br)c(Br)c(Br)c2Br)c2c(Br)c(Br)c(Br)c(Br)c2Br)c(Br)c1Br.[H+]. The van der Waals surface area contributed by atoms with Crippen LogP contribution in [0.5, 0.6) is 0 Å². The van der Waals surface area contributed by atoms with Crippen molar-refractivity contribution >= 4 is 347 Å². The fourth-order valence-electron chi connectivity index (χ4n) is 4.87. The van der Waals surface area contributed by atoms with Crippen molar-refractivity contribution in [3.05, 3.63) is 89.5 Å². The molecule has 0 amide bonds. The summed E-state index contributed by atoms with van der Waals surface area (Å²) in [4.78, 5) is 0. The van der Waals surface area contributed by atoms with E-state index in [1.807, 2.05) is 0 Å². The molecular weight excluding hydrogens is 1900 g/mol. The van der Waals surface area contributed by atoms with Crippen molar-refractivity contribution < 1.29 is 1.43 Å². The summed E-state index contributed by atoms with van der Waals surface area (Å²) in [6.07, 6.45) is -2.33. The zero-order valence-corrected chi connectivity index (χ0v) is 51.9. The topological polar surface area (TPSA) is 0 Å². The van der Waals surface area contributed by atoms with Gasteiger partial charge in [0.1, 0.15) is 6.15 Å². The highest BCUT2D eigenvalue weighted by molar-refractivity contribution is 9.18. The summed E-state index contributed by atoms with van der Waals surface area (Å²) < 4.78 is 16.3. The minimum Gasteiger partial charge on any atom is -0.165 e. The molecule has 0 aliphatic heterocycles. The van der Waals surface area contributed by atoms with Crippen LogP contribution in [0, 0.1) is 0 Å². The van der Waals surface area contributed by atoms with Crippen molar-refractivity contribution in [2.24, 2.45) is 0 Å². The summed E-state index contributed by atoms with van der Waals surface area (Å²) in [7, 11) is 0. The zero-order valence-electron chi connectivity index (χ0n) is 21.1. The fourth-order valence-corrected chi connectivity index (χ4v) is 19.9. The lowest BCUT2D eigenvalue weighted by Crippen LogP contribution is -2.77. The van der Waals surface area contributed by atoms with Crippen molar-refractivity contribution in [2.75, 3.05) is 0 Å². The third-order valence-electron chi connectivity index (χ3n) is 6.71. The molecule has 0 saturated heterocycles. The lowest BCUT2D eigenvalue weighted by atomic mass is 9.13. The highest BCUT2D eigenvalue weighted by Gasteiger charge is 2.46. The summed E-state index contributed by atoms with van der Waals surface area (Å²) in [5.74, 6) is 0. The first kappa shape index (κ1) is 44.3.